The van der Waals surface area contributed by atoms with E-state index in [-0.39, 0.29) is 29.1 Å². The number of fused-ring (bicyclic) bond motifs is 1. The highest BCUT2D eigenvalue weighted by Crippen LogP contribution is 2.32. The van der Waals surface area contributed by atoms with Gasteiger partial charge in [-0.3, -0.25) is 4.40 Å². The Morgan fingerprint density at radius 2 is 2.08 bits per heavy atom. The molecule has 2 aromatic rings. The van der Waals surface area contributed by atoms with Crippen LogP contribution in [0.15, 0.2) is 12.3 Å². The maximum Gasteiger partial charge on any atom is 0.417 e. The van der Waals surface area contributed by atoms with Gasteiger partial charge in [0.05, 0.1) is 17.1 Å². The molecule has 10 heteroatoms. The zero-order chi connectivity index (χ0) is 18.9. The SMILES string of the molecule is CN(CC1CCCC1)C(=O)NCc1nnc2c(Cl)cc(C(F)(F)F)cn12. The number of hydrogen-bond donors (Lipinski definition) is 1. The minimum Gasteiger partial charge on any atom is -0.331 e. The van der Waals surface area contributed by atoms with Gasteiger partial charge in [-0.2, -0.15) is 13.2 Å². The van der Waals surface area contributed by atoms with Crippen LogP contribution < -0.4 is 5.32 Å². The second kappa shape index (κ2) is 7.30. The number of nitrogens with zero attached hydrogens (tertiary/aromatic N) is 4. The van der Waals surface area contributed by atoms with E-state index in [9.17, 15) is 18.0 Å². The molecule has 2 heterocycles. The van der Waals surface area contributed by atoms with E-state index in [0.29, 0.717) is 12.5 Å². The molecule has 26 heavy (non-hydrogen) atoms. The molecule has 142 valence electrons. The number of amides is 2. The lowest BCUT2D eigenvalue weighted by Gasteiger charge is -2.21. The standard InChI is InChI=1S/C16H19ClF3N5O/c1-24(8-10-4-2-3-5-10)15(26)21-7-13-22-23-14-12(17)6-11(9-25(13)14)16(18,19)20/h6,9-10H,2-5,7-8H2,1H3,(H,21,26). The number of carbonyl (C=O) groups excluding carboxylic acids is 1. The molecule has 2 amide bonds. The summed E-state index contributed by atoms with van der Waals surface area (Å²) in [5.74, 6) is 0.684. The van der Waals surface area contributed by atoms with Gasteiger partial charge in [-0.15, -0.1) is 10.2 Å². The molecule has 0 unspecified atom stereocenters. The van der Waals surface area contributed by atoms with Gasteiger partial charge >= 0.3 is 12.2 Å². The molecule has 0 atom stereocenters. The van der Waals surface area contributed by atoms with Crippen LogP contribution in [0.4, 0.5) is 18.0 Å². The summed E-state index contributed by atoms with van der Waals surface area (Å²) >= 11 is 5.87. The number of carbonyl (C=O) groups is 1. The third-order valence-electron chi connectivity index (χ3n) is 4.61. The van der Waals surface area contributed by atoms with E-state index in [1.165, 1.54) is 12.8 Å². The van der Waals surface area contributed by atoms with Gasteiger partial charge in [-0.25, -0.2) is 4.79 Å². The maximum absolute atomic E-state index is 13.0. The Kier molecular flexibility index (Phi) is 5.27. The zero-order valence-corrected chi connectivity index (χ0v) is 14.9. The fourth-order valence-corrected chi connectivity index (χ4v) is 3.47. The number of aromatic nitrogens is 3. The van der Waals surface area contributed by atoms with Gasteiger partial charge in [0.15, 0.2) is 11.5 Å². The summed E-state index contributed by atoms with van der Waals surface area (Å²) < 4.78 is 40.0. The molecule has 0 aliphatic heterocycles. The third-order valence-corrected chi connectivity index (χ3v) is 4.89. The van der Waals surface area contributed by atoms with Crippen molar-refractivity contribution in [3.63, 3.8) is 0 Å². The van der Waals surface area contributed by atoms with Gasteiger partial charge in [0.1, 0.15) is 0 Å². The number of halogens is 4. The highest BCUT2D eigenvalue weighted by molar-refractivity contribution is 6.33. The smallest absolute Gasteiger partial charge is 0.331 e. The Bertz CT molecular complexity index is 801. The Hall–Kier alpha value is -2.03. The van der Waals surface area contributed by atoms with E-state index in [1.807, 2.05) is 0 Å². The van der Waals surface area contributed by atoms with Gasteiger partial charge in [-0.1, -0.05) is 24.4 Å². The molecular weight excluding hydrogens is 371 g/mol. The Labute approximate surface area is 153 Å². The first kappa shape index (κ1) is 18.8. The van der Waals surface area contributed by atoms with Crippen LogP contribution in [0, 0.1) is 5.92 Å². The highest BCUT2D eigenvalue weighted by atomic mass is 35.5. The molecule has 1 N–H and O–H groups in total. The minimum atomic E-state index is -4.54. The first-order valence-electron chi connectivity index (χ1n) is 8.35. The average Bonchev–Trinajstić information content (AvgIpc) is 3.21. The van der Waals surface area contributed by atoms with Crippen molar-refractivity contribution in [3.8, 4) is 0 Å². The molecule has 6 nitrogen and oxygen atoms in total. The van der Waals surface area contributed by atoms with Crippen LogP contribution in [-0.2, 0) is 12.7 Å². The van der Waals surface area contributed by atoms with Crippen LogP contribution in [0.1, 0.15) is 37.1 Å². The molecule has 0 bridgehead atoms. The number of rotatable bonds is 4. The molecule has 0 saturated heterocycles. The Morgan fingerprint density at radius 3 is 2.73 bits per heavy atom. The molecule has 1 aliphatic rings. The van der Waals surface area contributed by atoms with Crippen molar-refractivity contribution >= 4 is 23.3 Å². The van der Waals surface area contributed by atoms with Crippen LogP contribution in [0.2, 0.25) is 5.02 Å². The van der Waals surface area contributed by atoms with Gasteiger partial charge in [0, 0.05) is 19.8 Å². The van der Waals surface area contributed by atoms with E-state index in [4.69, 9.17) is 11.6 Å². The molecule has 0 radical (unpaired) electrons. The first-order valence-corrected chi connectivity index (χ1v) is 8.73. The Morgan fingerprint density at radius 1 is 1.38 bits per heavy atom. The topological polar surface area (TPSA) is 62.5 Å². The molecule has 0 aromatic carbocycles. The lowest BCUT2D eigenvalue weighted by Crippen LogP contribution is -2.39. The van der Waals surface area contributed by atoms with Crippen LogP contribution in [0.3, 0.4) is 0 Å². The fraction of sp³-hybridized carbons (Fsp3) is 0.562. The van der Waals surface area contributed by atoms with Gasteiger partial charge in [-0.05, 0) is 24.8 Å². The number of nitrogens with one attached hydrogen (secondary N) is 1. The molecule has 0 spiro atoms. The number of hydrogen-bond acceptors (Lipinski definition) is 3. The lowest BCUT2D eigenvalue weighted by atomic mass is 10.1. The second-order valence-corrected chi connectivity index (χ2v) is 6.98. The Balaban J connectivity index is 1.70. The van der Waals surface area contributed by atoms with Crippen LogP contribution in [0.5, 0.6) is 0 Å². The molecule has 1 aliphatic carbocycles. The summed E-state index contributed by atoms with van der Waals surface area (Å²) in [4.78, 5) is 13.8. The number of urea groups is 1. The molecule has 1 saturated carbocycles. The summed E-state index contributed by atoms with van der Waals surface area (Å²) in [5, 5.41) is 10.2. The van der Waals surface area contributed by atoms with E-state index < -0.39 is 11.7 Å². The zero-order valence-electron chi connectivity index (χ0n) is 14.2. The summed E-state index contributed by atoms with van der Waals surface area (Å²) in [6.07, 6.45) is 0.952. The monoisotopic (exact) mass is 389 g/mol. The van der Waals surface area contributed by atoms with E-state index in [0.717, 1.165) is 29.5 Å². The van der Waals surface area contributed by atoms with Crippen molar-refractivity contribution in [2.24, 2.45) is 5.92 Å². The maximum atomic E-state index is 13.0. The van der Waals surface area contributed by atoms with Crippen molar-refractivity contribution < 1.29 is 18.0 Å². The number of pyridine rings is 1. The van der Waals surface area contributed by atoms with Gasteiger partial charge in [0.25, 0.3) is 0 Å². The van der Waals surface area contributed by atoms with Crippen molar-refractivity contribution in [2.45, 2.75) is 38.4 Å². The van der Waals surface area contributed by atoms with E-state index in [2.05, 4.69) is 15.5 Å². The molecule has 3 rings (SSSR count). The van der Waals surface area contributed by atoms with E-state index >= 15 is 0 Å². The lowest BCUT2D eigenvalue weighted by molar-refractivity contribution is -0.137. The van der Waals surface area contributed by atoms with Gasteiger partial charge < -0.3 is 10.2 Å². The fourth-order valence-electron chi connectivity index (χ4n) is 3.23. The van der Waals surface area contributed by atoms with Crippen LogP contribution in [0.25, 0.3) is 5.65 Å². The molecular formula is C16H19ClF3N5O. The minimum absolute atomic E-state index is 0.0490. The largest absolute Gasteiger partial charge is 0.417 e. The first-order chi connectivity index (χ1) is 12.3. The van der Waals surface area contributed by atoms with Crippen molar-refractivity contribution in [3.05, 3.63) is 28.7 Å². The van der Waals surface area contributed by atoms with E-state index in [1.54, 1.807) is 11.9 Å². The van der Waals surface area contributed by atoms with Gasteiger partial charge in [0.2, 0.25) is 0 Å². The molecule has 1 fully saturated rings. The van der Waals surface area contributed by atoms with Crippen molar-refractivity contribution in [1.29, 1.82) is 0 Å². The predicted octanol–water partition coefficient (Wildman–Crippen LogP) is 3.73. The second-order valence-electron chi connectivity index (χ2n) is 6.57. The summed E-state index contributed by atoms with van der Waals surface area (Å²) in [7, 11) is 1.70. The van der Waals surface area contributed by atoms with Crippen molar-refractivity contribution in [2.75, 3.05) is 13.6 Å². The summed E-state index contributed by atoms with van der Waals surface area (Å²) in [6, 6.07) is 0.510. The third kappa shape index (κ3) is 4.03. The van der Waals surface area contributed by atoms with Crippen LogP contribution >= 0.6 is 11.6 Å². The van der Waals surface area contributed by atoms with Crippen LogP contribution in [-0.4, -0.2) is 39.1 Å². The predicted molar refractivity (Wildman–Crippen MR) is 89.8 cm³/mol. The summed E-state index contributed by atoms with van der Waals surface area (Å²) in [5.41, 5.74) is -0.788. The average molecular weight is 390 g/mol. The highest BCUT2D eigenvalue weighted by Gasteiger charge is 2.32. The molecule has 2 aromatic heterocycles. The van der Waals surface area contributed by atoms with Crippen molar-refractivity contribution in [1.82, 2.24) is 24.8 Å². The normalized spacial score (nSPS) is 15.6. The quantitative estimate of drug-likeness (QED) is 0.866. The summed E-state index contributed by atoms with van der Waals surface area (Å²) in [6.45, 7) is 0.614. The number of alkyl halides is 3.